The van der Waals surface area contributed by atoms with Crippen molar-refractivity contribution in [3.05, 3.63) is 59.2 Å². The molecule has 0 aliphatic carbocycles. The number of carboxylic acid groups (broad SMARTS) is 1. The van der Waals surface area contributed by atoms with E-state index >= 15 is 0 Å². The average molecular weight is 381 g/mol. The molecule has 0 atom stereocenters. The van der Waals surface area contributed by atoms with Gasteiger partial charge in [-0.25, -0.2) is 4.79 Å². The quantitative estimate of drug-likeness (QED) is 0.850. The molecular weight excluding hydrogens is 358 g/mol. The Bertz CT molecular complexity index is 918. The lowest BCUT2D eigenvalue weighted by atomic mass is 10.1. The van der Waals surface area contributed by atoms with Crippen molar-refractivity contribution in [2.24, 2.45) is 0 Å². The van der Waals surface area contributed by atoms with Crippen molar-refractivity contribution < 1.29 is 19.5 Å². The van der Waals surface area contributed by atoms with E-state index in [9.17, 15) is 19.5 Å². The number of nitrogens with one attached hydrogen (secondary N) is 1. The van der Waals surface area contributed by atoms with Crippen LogP contribution in [0.15, 0.2) is 42.5 Å². The molecule has 1 fully saturated rings. The van der Waals surface area contributed by atoms with Gasteiger partial charge in [-0.15, -0.1) is 0 Å². The summed E-state index contributed by atoms with van der Waals surface area (Å²) in [5, 5.41) is 12.4. The average Bonchev–Trinajstić information content (AvgIpc) is 2.68. The molecule has 146 valence electrons. The zero-order valence-corrected chi connectivity index (χ0v) is 15.9. The van der Waals surface area contributed by atoms with Crippen LogP contribution in [0.1, 0.15) is 33.2 Å². The van der Waals surface area contributed by atoms with Gasteiger partial charge in [-0.1, -0.05) is 17.7 Å². The van der Waals surface area contributed by atoms with Crippen LogP contribution in [-0.4, -0.2) is 54.0 Å². The number of carbonyl (C=O) groups is 3. The Kier molecular flexibility index (Phi) is 5.63. The number of hydrogen-bond acceptors (Lipinski definition) is 4. The van der Waals surface area contributed by atoms with Crippen LogP contribution < -0.4 is 10.2 Å². The third kappa shape index (κ3) is 4.31. The molecule has 2 amide bonds. The van der Waals surface area contributed by atoms with Crippen LogP contribution in [0, 0.1) is 6.92 Å². The van der Waals surface area contributed by atoms with Crippen molar-refractivity contribution in [2.45, 2.75) is 13.8 Å². The lowest BCUT2D eigenvalue weighted by molar-refractivity contribution is -0.129. The summed E-state index contributed by atoms with van der Waals surface area (Å²) in [5.41, 5.74) is 2.62. The molecule has 0 aromatic heterocycles. The Labute approximate surface area is 163 Å². The number of aromatic carboxylic acids is 1. The summed E-state index contributed by atoms with van der Waals surface area (Å²) in [7, 11) is 0. The van der Waals surface area contributed by atoms with Crippen molar-refractivity contribution in [1.29, 1.82) is 0 Å². The number of hydrogen-bond donors (Lipinski definition) is 2. The van der Waals surface area contributed by atoms with Crippen molar-refractivity contribution >= 4 is 29.2 Å². The minimum atomic E-state index is -1.06. The topological polar surface area (TPSA) is 90.0 Å². The molecule has 2 aromatic rings. The maximum Gasteiger partial charge on any atom is 0.337 e. The highest BCUT2D eigenvalue weighted by Crippen LogP contribution is 2.26. The second-order valence-electron chi connectivity index (χ2n) is 6.85. The number of carbonyl (C=O) groups excluding carboxylic acids is 2. The first-order chi connectivity index (χ1) is 13.3. The van der Waals surface area contributed by atoms with Crippen LogP contribution in [0.4, 0.5) is 11.4 Å². The van der Waals surface area contributed by atoms with Crippen molar-refractivity contribution in [2.75, 3.05) is 36.4 Å². The Morgan fingerprint density at radius 3 is 2.32 bits per heavy atom. The van der Waals surface area contributed by atoms with Crippen LogP contribution in [-0.2, 0) is 4.79 Å². The first kappa shape index (κ1) is 19.4. The fourth-order valence-corrected chi connectivity index (χ4v) is 3.31. The van der Waals surface area contributed by atoms with Crippen molar-refractivity contribution in [3.63, 3.8) is 0 Å². The van der Waals surface area contributed by atoms with E-state index in [2.05, 4.69) is 5.32 Å². The third-order valence-corrected chi connectivity index (χ3v) is 4.83. The molecule has 0 saturated carbocycles. The molecule has 1 aliphatic rings. The van der Waals surface area contributed by atoms with E-state index in [4.69, 9.17) is 0 Å². The molecule has 0 bridgehead atoms. The van der Waals surface area contributed by atoms with Gasteiger partial charge in [-0.3, -0.25) is 9.59 Å². The number of benzene rings is 2. The van der Waals surface area contributed by atoms with Crippen molar-refractivity contribution in [3.8, 4) is 0 Å². The summed E-state index contributed by atoms with van der Waals surface area (Å²) in [5.74, 6) is -1.33. The molecule has 2 N–H and O–H groups in total. The second-order valence-corrected chi connectivity index (χ2v) is 6.85. The number of nitrogens with zero attached hydrogens (tertiary/aromatic N) is 2. The zero-order chi connectivity index (χ0) is 20.3. The Morgan fingerprint density at radius 2 is 1.71 bits per heavy atom. The Balaban J connectivity index is 1.79. The molecule has 0 spiro atoms. The first-order valence-corrected chi connectivity index (χ1v) is 9.11. The highest BCUT2D eigenvalue weighted by atomic mass is 16.4. The van der Waals surface area contributed by atoms with Gasteiger partial charge >= 0.3 is 5.97 Å². The minimum absolute atomic E-state index is 0.0207. The fourth-order valence-electron chi connectivity index (χ4n) is 3.31. The number of aryl methyl sites for hydroxylation is 1. The van der Waals surface area contributed by atoms with Gasteiger partial charge in [-0.05, 0) is 37.3 Å². The van der Waals surface area contributed by atoms with E-state index in [1.54, 1.807) is 35.2 Å². The maximum atomic E-state index is 12.4. The molecule has 1 aliphatic heterocycles. The van der Waals surface area contributed by atoms with E-state index in [0.717, 1.165) is 5.56 Å². The summed E-state index contributed by atoms with van der Waals surface area (Å²) in [6, 6.07) is 12.1. The minimum Gasteiger partial charge on any atom is -0.478 e. The number of amides is 2. The van der Waals surface area contributed by atoms with Gasteiger partial charge < -0.3 is 20.2 Å². The Hall–Kier alpha value is -3.35. The molecule has 2 aromatic carbocycles. The van der Waals surface area contributed by atoms with E-state index in [1.165, 1.54) is 13.0 Å². The summed E-state index contributed by atoms with van der Waals surface area (Å²) in [4.78, 5) is 39.4. The van der Waals surface area contributed by atoms with Gasteiger partial charge in [-0.2, -0.15) is 0 Å². The maximum absolute atomic E-state index is 12.4. The highest BCUT2D eigenvalue weighted by molar-refractivity contribution is 6.05. The van der Waals surface area contributed by atoms with Gasteiger partial charge in [0, 0.05) is 44.4 Å². The molecule has 0 radical (unpaired) electrons. The lowest BCUT2D eigenvalue weighted by Gasteiger charge is -2.36. The number of piperazine rings is 1. The van der Waals surface area contributed by atoms with E-state index in [1.807, 2.05) is 17.9 Å². The lowest BCUT2D eigenvalue weighted by Crippen LogP contribution is -2.48. The molecule has 0 unspecified atom stereocenters. The summed E-state index contributed by atoms with van der Waals surface area (Å²) >= 11 is 0. The third-order valence-electron chi connectivity index (χ3n) is 4.83. The van der Waals surface area contributed by atoms with Crippen LogP contribution in [0.2, 0.25) is 0 Å². The fraction of sp³-hybridized carbons (Fsp3) is 0.286. The van der Waals surface area contributed by atoms with Crippen LogP contribution in [0.3, 0.4) is 0 Å². The smallest absolute Gasteiger partial charge is 0.337 e. The molecule has 7 nitrogen and oxygen atoms in total. The molecule has 28 heavy (non-hydrogen) atoms. The second kappa shape index (κ2) is 8.12. The predicted octanol–water partition coefficient (Wildman–Crippen LogP) is 2.61. The van der Waals surface area contributed by atoms with Crippen molar-refractivity contribution in [1.82, 2.24) is 4.90 Å². The first-order valence-electron chi connectivity index (χ1n) is 9.11. The number of anilines is 2. The predicted molar refractivity (Wildman–Crippen MR) is 107 cm³/mol. The highest BCUT2D eigenvalue weighted by Gasteiger charge is 2.23. The number of carboxylic acids is 1. The molecular formula is C21H23N3O4. The SMILES string of the molecule is CC(=O)N1CCN(c2ccc(NC(=O)c3cccc(C)c3)cc2C(=O)O)CC1. The zero-order valence-electron chi connectivity index (χ0n) is 15.9. The molecule has 1 heterocycles. The largest absolute Gasteiger partial charge is 0.478 e. The standard InChI is InChI=1S/C21H23N3O4/c1-14-4-3-5-16(12-14)20(26)22-17-6-7-19(18(13-17)21(27)28)24-10-8-23(9-11-24)15(2)25/h3-7,12-13H,8-11H2,1-2H3,(H,22,26)(H,27,28). The van der Waals surface area contributed by atoms with E-state index < -0.39 is 5.97 Å². The van der Waals surface area contributed by atoms with Gasteiger partial charge in [0.15, 0.2) is 0 Å². The summed E-state index contributed by atoms with van der Waals surface area (Å²) < 4.78 is 0. The van der Waals surface area contributed by atoms with Gasteiger partial charge in [0.1, 0.15) is 0 Å². The van der Waals surface area contributed by atoms with Crippen LogP contribution in [0.25, 0.3) is 0 Å². The summed E-state index contributed by atoms with van der Waals surface area (Å²) in [6.07, 6.45) is 0. The number of rotatable bonds is 4. The van der Waals surface area contributed by atoms with E-state index in [-0.39, 0.29) is 17.4 Å². The Morgan fingerprint density at radius 1 is 1.00 bits per heavy atom. The van der Waals surface area contributed by atoms with Crippen LogP contribution >= 0.6 is 0 Å². The monoisotopic (exact) mass is 381 g/mol. The van der Waals surface area contributed by atoms with Crippen LogP contribution in [0.5, 0.6) is 0 Å². The molecule has 1 saturated heterocycles. The van der Waals surface area contributed by atoms with Gasteiger partial charge in [0.05, 0.1) is 11.3 Å². The normalized spacial score (nSPS) is 13.9. The van der Waals surface area contributed by atoms with Gasteiger partial charge in [0.2, 0.25) is 5.91 Å². The van der Waals surface area contributed by atoms with E-state index in [0.29, 0.717) is 43.1 Å². The molecule has 3 rings (SSSR count). The molecule has 7 heteroatoms. The van der Waals surface area contributed by atoms with Gasteiger partial charge in [0.25, 0.3) is 5.91 Å². The summed E-state index contributed by atoms with van der Waals surface area (Å²) in [6.45, 7) is 5.67.